The standard InChI is InChI=1S/C23H19N3O3/c1-29-19-10-7-16(8-11-19)14-24-22(27)17-9-12-20-21(13-17)25-15-26(23(20)28)18-5-3-2-4-6-18/h2-13,15H,14H2,1H3,(H,24,27). The van der Waals surface area contributed by atoms with Crippen LogP contribution in [-0.2, 0) is 6.54 Å². The summed E-state index contributed by atoms with van der Waals surface area (Å²) in [7, 11) is 1.61. The number of amides is 1. The number of para-hydroxylation sites is 1. The number of benzene rings is 3. The van der Waals surface area contributed by atoms with Gasteiger partial charge in [0, 0.05) is 12.1 Å². The van der Waals surface area contributed by atoms with Crippen molar-refractivity contribution in [3.05, 3.63) is 101 Å². The van der Waals surface area contributed by atoms with Gasteiger partial charge in [-0.25, -0.2) is 4.98 Å². The van der Waals surface area contributed by atoms with Gasteiger partial charge in [-0.3, -0.25) is 14.2 Å². The summed E-state index contributed by atoms with van der Waals surface area (Å²) in [5.41, 5.74) is 2.47. The van der Waals surface area contributed by atoms with E-state index in [1.807, 2.05) is 54.6 Å². The summed E-state index contributed by atoms with van der Waals surface area (Å²) in [5, 5.41) is 3.34. The van der Waals surface area contributed by atoms with E-state index < -0.39 is 0 Å². The Labute approximate surface area is 167 Å². The Morgan fingerprint density at radius 3 is 2.52 bits per heavy atom. The zero-order valence-electron chi connectivity index (χ0n) is 15.8. The van der Waals surface area contributed by atoms with Gasteiger partial charge in [0.05, 0.1) is 23.7 Å². The molecule has 0 unspecified atom stereocenters. The van der Waals surface area contributed by atoms with E-state index in [2.05, 4.69) is 10.3 Å². The molecule has 3 aromatic carbocycles. The Morgan fingerprint density at radius 2 is 1.79 bits per heavy atom. The first-order chi connectivity index (χ1) is 14.2. The summed E-state index contributed by atoms with van der Waals surface area (Å²) in [6, 6.07) is 21.7. The molecule has 1 heterocycles. The first kappa shape index (κ1) is 18.4. The van der Waals surface area contributed by atoms with Gasteiger partial charge in [0.2, 0.25) is 0 Å². The third-order valence-corrected chi connectivity index (χ3v) is 4.67. The van der Waals surface area contributed by atoms with E-state index in [9.17, 15) is 9.59 Å². The average molecular weight is 385 g/mol. The number of hydrogen-bond donors (Lipinski definition) is 1. The number of fused-ring (bicyclic) bond motifs is 1. The first-order valence-corrected chi connectivity index (χ1v) is 9.14. The molecule has 4 rings (SSSR count). The van der Waals surface area contributed by atoms with Crippen LogP contribution in [0, 0.1) is 0 Å². The average Bonchev–Trinajstić information content (AvgIpc) is 2.78. The number of methoxy groups -OCH3 is 1. The lowest BCUT2D eigenvalue weighted by Crippen LogP contribution is -2.23. The largest absolute Gasteiger partial charge is 0.497 e. The maximum Gasteiger partial charge on any atom is 0.265 e. The number of carbonyl (C=O) groups is 1. The Bertz CT molecular complexity index is 1220. The maximum absolute atomic E-state index is 12.8. The quantitative estimate of drug-likeness (QED) is 0.572. The van der Waals surface area contributed by atoms with Crippen LogP contribution in [0.25, 0.3) is 16.6 Å². The van der Waals surface area contributed by atoms with Gasteiger partial charge < -0.3 is 10.1 Å². The normalized spacial score (nSPS) is 10.7. The highest BCUT2D eigenvalue weighted by Gasteiger charge is 2.10. The smallest absolute Gasteiger partial charge is 0.265 e. The molecular weight excluding hydrogens is 366 g/mol. The molecule has 0 saturated heterocycles. The van der Waals surface area contributed by atoms with Crippen molar-refractivity contribution < 1.29 is 9.53 Å². The van der Waals surface area contributed by atoms with Crippen molar-refractivity contribution in [3.63, 3.8) is 0 Å². The third kappa shape index (κ3) is 3.87. The second-order valence-electron chi connectivity index (χ2n) is 6.52. The number of nitrogens with zero attached hydrogens (tertiary/aromatic N) is 2. The highest BCUT2D eigenvalue weighted by molar-refractivity contribution is 5.97. The second kappa shape index (κ2) is 7.98. The van der Waals surface area contributed by atoms with Crippen LogP contribution in [0.1, 0.15) is 15.9 Å². The van der Waals surface area contributed by atoms with Gasteiger partial charge in [-0.05, 0) is 48.0 Å². The van der Waals surface area contributed by atoms with Crippen LogP contribution in [0.5, 0.6) is 5.75 Å². The summed E-state index contributed by atoms with van der Waals surface area (Å²) < 4.78 is 6.62. The Morgan fingerprint density at radius 1 is 1.03 bits per heavy atom. The van der Waals surface area contributed by atoms with E-state index in [1.165, 1.54) is 10.9 Å². The van der Waals surface area contributed by atoms with E-state index in [1.54, 1.807) is 25.3 Å². The molecule has 0 atom stereocenters. The van der Waals surface area contributed by atoms with Gasteiger partial charge in [0.25, 0.3) is 11.5 Å². The maximum atomic E-state index is 12.8. The summed E-state index contributed by atoms with van der Waals surface area (Å²) in [5.74, 6) is 0.540. The van der Waals surface area contributed by atoms with E-state index in [-0.39, 0.29) is 11.5 Å². The summed E-state index contributed by atoms with van der Waals surface area (Å²) in [6.07, 6.45) is 1.49. The topological polar surface area (TPSA) is 73.2 Å². The SMILES string of the molecule is COc1ccc(CNC(=O)c2ccc3c(=O)n(-c4ccccc4)cnc3c2)cc1. The molecule has 4 aromatic rings. The molecule has 1 amide bonds. The fourth-order valence-electron chi connectivity index (χ4n) is 3.06. The summed E-state index contributed by atoms with van der Waals surface area (Å²) in [4.78, 5) is 29.7. The van der Waals surface area contributed by atoms with Crippen LogP contribution >= 0.6 is 0 Å². The molecule has 0 saturated carbocycles. The minimum Gasteiger partial charge on any atom is -0.497 e. The zero-order chi connectivity index (χ0) is 20.2. The molecule has 0 fully saturated rings. The second-order valence-corrected chi connectivity index (χ2v) is 6.52. The molecule has 0 aliphatic rings. The van der Waals surface area contributed by atoms with Gasteiger partial charge in [-0.15, -0.1) is 0 Å². The molecule has 29 heavy (non-hydrogen) atoms. The zero-order valence-corrected chi connectivity index (χ0v) is 15.8. The minimum absolute atomic E-state index is 0.175. The number of hydrogen-bond acceptors (Lipinski definition) is 4. The van der Waals surface area contributed by atoms with Crippen LogP contribution in [0.4, 0.5) is 0 Å². The van der Waals surface area contributed by atoms with Gasteiger partial charge in [-0.1, -0.05) is 30.3 Å². The van der Waals surface area contributed by atoms with Crippen molar-refractivity contribution in [2.24, 2.45) is 0 Å². The molecule has 1 N–H and O–H groups in total. The lowest BCUT2D eigenvalue weighted by molar-refractivity contribution is 0.0951. The molecule has 0 radical (unpaired) electrons. The van der Waals surface area contributed by atoms with Gasteiger partial charge in [0.1, 0.15) is 12.1 Å². The molecule has 6 heteroatoms. The summed E-state index contributed by atoms with van der Waals surface area (Å²) in [6.45, 7) is 0.393. The molecule has 6 nitrogen and oxygen atoms in total. The van der Waals surface area contributed by atoms with Crippen LogP contribution in [0.15, 0.2) is 83.9 Å². The Hall–Kier alpha value is -3.93. The van der Waals surface area contributed by atoms with Crippen LogP contribution in [0.2, 0.25) is 0 Å². The van der Waals surface area contributed by atoms with Crippen molar-refractivity contribution in [1.29, 1.82) is 0 Å². The predicted octanol–water partition coefficient (Wildman–Crippen LogP) is 3.32. The lowest BCUT2D eigenvalue weighted by Gasteiger charge is -2.09. The molecular formula is C23H19N3O3. The molecule has 0 spiro atoms. The van der Waals surface area contributed by atoms with Crippen molar-refractivity contribution in [2.45, 2.75) is 6.54 Å². The van der Waals surface area contributed by atoms with E-state index >= 15 is 0 Å². The predicted molar refractivity (Wildman–Crippen MR) is 112 cm³/mol. The van der Waals surface area contributed by atoms with Crippen LogP contribution < -0.4 is 15.6 Å². The summed E-state index contributed by atoms with van der Waals surface area (Å²) >= 11 is 0. The number of rotatable bonds is 5. The fourth-order valence-corrected chi connectivity index (χ4v) is 3.06. The minimum atomic E-state index is -0.225. The number of ether oxygens (including phenoxy) is 1. The van der Waals surface area contributed by atoms with Crippen molar-refractivity contribution in [2.75, 3.05) is 7.11 Å². The molecule has 0 bridgehead atoms. The van der Waals surface area contributed by atoms with E-state index in [0.29, 0.717) is 23.0 Å². The third-order valence-electron chi connectivity index (χ3n) is 4.67. The Balaban J connectivity index is 1.55. The van der Waals surface area contributed by atoms with Gasteiger partial charge in [-0.2, -0.15) is 0 Å². The Kier molecular flexibility index (Phi) is 5.07. The van der Waals surface area contributed by atoms with Gasteiger partial charge >= 0.3 is 0 Å². The van der Waals surface area contributed by atoms with Gasteiger partial charge in [0.15, 0.2) is 0 Å². The van der Waals surface area contributed by atoms with Crippen LogP contribution in [-0.4, -0.2) is 22.6 Å². The highest BCUT2D eigenvalue weighted by atomic mass is 16.5. The lowest BCUT2D eigenvalue weighted by atomic mass is 10.1. The van der Waals surface area contributed by atoms with E-state index in [0.717, 1.165) is 17.0 Å². The number of aromatic nitrogens is 2. The monoisotopic (exact) mass is 385 g/mol. The van der Waals surface area contributed by atoms with Crippen molar-refractivity contribution in [3.8, 4) is 11.4 Å². The van der Waals surface area contributed by atoms with E-state index in [4.69, 9.17) is 4.74 Å². The highest BCUT2D eigenvalue weighted by Crippen LogP contribution is 2.14. The van der Waals surface area contributed by atoms with Crippen LogP contribution in [0.3, 0.4) is 0 Å². The number of carbonyl (C=O) groups excluding carboxylic acids is 1. The van der Waals surface area contributed by atoms with Crippen molar-refractivity contribution >= 4 is 16.8 Å². The van der Waals surface area contributed by atoms with Crippen molar-refractivity contribution in [1.82, 2.24) is 14.9 Å². The molecule has 1 aromatic heterocycles. The molecule has 0 aliphatic carbocycles. The number of nitrogens with one attached hydrogen (secondary N) is 1. The first-order valence-electron chi connectivity index (χ1n) is 9.14. The molecule has 0 aliphatic heterocycles. The fraction of sp³-hybridized carbons (Fsp3) is 0.0870. The molecule has 144 valence electrons.